The van der Waals surface area contributed by atoms with Gasteiger partial charge in [-0.2, -0.15) is 0 Å². The molecule has 20 heavy (non-hydrogen) atoms. The summed E-state index contributed by atoms with van der Waals surface area (Å²) in [7, 11) is 0. The second kappa shape index (κ2) is 6.62. The molecule has 3 heteroatoms. The van der Waals surface area contributed by atoms with Gasteiger partial charge in [-0.15, -0.1) is 0 Å². The third-order valence-electron chi connectivity index (χ3n) is 3.43. The van der Waals surface area contributed by atoms with Gasteiger partial charge < -0.3 is 5.32 Å². The van der Waals surface area contributed by atoms with E-state index < -0.39 is 0 Å². The zero-order valence-electron chi connectivity index (χ0n) is 12.1. The fourth-order valence-corrected chi connectivity index (χ4v) is 2.63. The minimum absolute atomic E-state index is 0.787. The summed E-state index contributed by atoms with van der Waals surface area (Å²) in [4.78, 5) is 0. The van der Waals surface area contributed by atoms with E-state index in [1.165, 1.54) is 16.7 Å². The van der Waals surface area contributed by atoms with E-state index >= 15 is 0 Å². The summed E-state index contributed by atoms with van der Waals surface area (Å²) in [6, 6.07) is 10.3. The fourth-order valence-electron chi connectivity index (χ4n) is 2.23. The zero-order chi connectivity index (χ0) is 14.7. The van der Waals surface area contributed by atoms with Gasteiger partial charge in [0.2, 0.25) is 0 Å². The van der Waals surface area contributed by atoms with E-state index in [0.29, 0.717) is 0 Å². The molecule has 0 aromatic heterocycles. The maximum Gasteiger partial charge on any atom is 0.0451 e. The Balaban J connectivity index is 2.45. The molecule has 106 valence electrons. The van der Waals surface area contributed by atoms with Gasteiger partial charge in [0.05, 0.1) is 0 Å². The number of halogens is 2. The van der Waals surface area contributed by atoms with Crippen LogP contribution in [0.3, 0.4) is 0 Å². The SMILES string of the molecule is CCNCc1cc(-c2cc(C)c(Cl)cc2C)ccc1Cl. The summed E-state index contributed by atoms with van der Waals surface area (Å²) in [5, 5.41) is 4.93. The molecule has 1 nitrogen and oxygen atoms in total. The second-order valence-electron chi connectivity index (χ2n) is 5.00. The van der Waals surface area contributed by atoms with E-state index in [1.807, 2.05) is 19.1 Å². The predicted octanol–water partition coefficient (Wildman–Crippen LogP) is 5.39. The molecule has 0 fully saturated rings. The van der Waals surface area contributed by atoms with Gasteiger partial charge in [-0.25, -0.2) is 0 Å². The number of benzene rings is 2. The van der Waals surface area contributed by atoms with Gasteiger partial charge in [-0.05, 0) is 72.5 Å². The quantitative estimate of drug-likeness (QED) is 0.799. The Morgan fingerprint density at radius 2 is 1.70 bits per heavy atom. The summed E-state index contributed by atoms with van der Waals surface area (Å²) >= 11 is 12.4. The van der Waals surface area contributed by atoms with Gasteiger partial charge >= 0.3 is 0 Å². The summed E-state index contributed by atoms with van der Waals surface area (Å²) in [5.74, 6) is 0. The van der Waals surface area contributed by atoms with Crippen LogP contribution in [0.25, 0.3) is 11.1 Å². The minimum Gasteiger partial charge on any atom is -0.313 e. The lowest BCUT2D eigenvalue weighted by Crippen LogP contribution is -2.12. The molecule has 0 atom stereocenters. The lowest BCUT2D eigenvalue weighted by molar-refractivity contribution is 0.727. The number of hydrogen-bond acceptors (Lipinski definition) is 1. The van der Waals surface area contributed by atoms with Crippen molar-refractivity contribution in [3.63, 3.8) is 0 Å². The highest BCUT2D eigenvalue weighted by molar-refractivity contribution is 6.32. The standard InChI is InChI=1S/C17H19Cl2N/c1-4-20-10-14-9-13(5-6-16(14)18)15-7-12(3)17(19)8-11(15)2/h5-9,20H,4,10H2,1-3H3. The predicted molar refractivity (Wildman–Crippen MR) is 88.8 cm³/mol. The Morgan fingerprint density at radius 1 is 0.950 bits per heavy atom. The molecule has 0 amide bonds. The van der Waals surface area contributed by atoms with Crippen molar-refractivity contribution in [1.82, 2.24) is 5.32 Å². The van der Waals surface area contributed by atoms with Crippen LogP contribution >= 0.6 is 23.2 Å². The molecule has 0 unspecified atom stereocenters. The number of hydrogen-bond donors (Lipinski definition) is 1. The summed E-state index contributed by atoms with van der Waals surface area (Å²) < 4.78 is 0. The van der Waals surface area contributed by atoms with E-state index in [-0.39, 0.29) is 0 Å². The van der Waals surface area contributed by atoms with Crippen LogP contribution in [0.2, 0.25) is 10.0 Å². The van der Waals surface area contributed by atoms with Crippen LogP contribution in [0.4, 0.5) is 0 Å². The summed E-state index contributed by atoms with van der Waals surface area (Å²) in [5.41, 5.74) is 5.78. The fraction of sp³-hybridized carbons (Fsp3) is 0.294. The van der Waals surface area contributed by atoms with Crippen molar-refractivity contribution in [1.29, 1.82) is 0 Å². The van der Waals surface area contributed by atoms with E-state index in [1.54, 1.807) is 0 Å². The van der Waals surface area contributed by atoms with Crippen LogP contribution in [-0.4, -0.2) is 6.54 Å². The average Bonchev–Trinajstić information content (AvgIpc) is 2.42. The first kappa shape index (κ1) is 15.4. The lowest BCUT2D eigenvalue weighted by atomic mass is 9.97. The van der Waals surface area contributed by atoms with Gasteiger partial charge in [0, 0.05) is 16.6 Å². The molecule has 0 heterocycles. The molecule has 0 saturated carbocycles. The summed E-state index contributed by atoms with van der Waals surface area (Å²) in [6.07, 6.45) is 0. The van der Waals surface area contributed by atoms with Crippen LogP contribution in [0.15, 0.2) is 30.3 Å². The van der Waals surface area contributed by atoms with Crippen LogP contribution in [0, 0.1) is 13.8 Å². The maximum absolute atomic E-state index is 6.25. The van der Waals surface area contributed by atoms with Crippen LogP contribution in [-0.2, 0) is 6.54 Å². The Kier molecular flexibility index (Phi) is 5.09. The van der Waals surface area contributed by atoms with Gasteiger partial charge in [0.1, 0.15) is 0 Å². The lowest BCUT2D eigenvalue weighted by Gasteiger charge is -2.12. The van der Waals surface area contributed by atoms with Gasteiger partial charge in [0.25, 0.3) is 0 Å². The molecule has 0 aliphatic rings. The normalized spacial score (nSPS) is 10.8. The topological polar surface area (TPSA) is 12.0 Å². The van der Waals surface area contributed by atoms with E-state index in [0.717, 1.165) is 34.3 Å². The van der Waals surface area contributed by atoms with E-state index in [4.69, 9.17) is 23.2 Å². The van der Waals surface area contributed by atoms with Crippen LogP contribution in [0.1, 0.15) is 23.6 Å². The molecule has 2 rings (SSSR count). The highest BCUT2D eigenvalue weighted by Crippen LogP contribution is 2.31. The largest absolute Gasteiger partial charge is 0.313 e. The van der Waals surface area contributed by atoms with Crippen molar-refractivity contribution in [2.75, 3.05) is 6.54 Å². The second-order valence-corrected chi connectivity index (χ2v) is 5.82. The molecular weight excluding hydrogens is 289 g/mol. The molecule has 2 aromatic carbocycles. The number of rotatable bonds is 4. The Morgan fingerprint density at radius 3 is 2.40 bits per heavy atom. The molecule has 1 N–H and O–H groups in total. The van der Waals surface area contributed by atoms with Crippen molar-refractivity contribution < 1.29 is 0 Å². The van der Waals surface area contributed by atoms with E-state index in [2.05, 4.69) is 37.4 Å². The Bertz CT molecular complexity index is 621. The van der Waals surface area contributed by atoms with Crippen molar-refractivity contribution >= 4 is 23.2 Å². The smallest absolute Gasteiger partial charge is 0.0451 e. The molecule has 0 radical (unpaired) electrons. The van der Waals surface area contributed by atoms with Crippen molar-refractivity contribution in [3.05, 3.63) is 57.1 Å². The first-order chi connectivity index (χ1) is 9.52. The molecule has 2 aromatic rings. The molecule has 0 spiro atoms. The molecule has 0 saturated heterocycles. The number of nitrogens with one attached hydrogen (secondary N) is 1. The van der Waals surface area contributed by atoms with Crippen molar-refractivity contribution in [2.24, 2.45) is 0 Å². The van der Waals surface area contributed by atoms with Crippen LogP contribution in [0.5, 0.6) is 0 Å². The highest BCUT2D eigenvalue weighted by atomic mass is 35.5. The maximum atomic E-state index is 6.25. The van der Waals surface area contributed by atoms with Gasteiger partial charge in [0.15, 0.2) is 0 Å². The third-order valence-corrected chi connectivity index (χ3v) is 4.20. The first-order valence-electron chi connectivity index (χ1n) is 6.79. The Hall–Kier alpha value is -1.02. The highest BCUT2D eigenvalue weighted by Gasteiger charge is 2.08. The van der Waals surface area contributed by atoms with E-state index in [9.17, 15) is 0 Å². The third kappa shape index (κ3) is 3.35. The number of aryl methyl sites for hydroxylation is 2. The molecule has 0 aliphatic heterocycles. The average molecular weight is 308 g/mol. The zero-order valence-corrected chi connectivity index (χ0v) is 13.6. The monoisotopic (exact) mass is 307 g/mol. The molecule has 0 bridgehead atoms. The van der Waals surface area contributed by atoms with Gasteiger partial charge in [-0.3, -0.25) is 0 Å². The van der Waals surface area contributed by atoms with Gasteiger partial charge in [-0.1, -0.05) is 36.2 Å². The molecule has 0 aliphatic carbocycles. The Labute approximate surface area is 130 Å². The summed E-state index contributed by atoms with van der Waals surface area (Å²) in [6.45, 7) is 7.92. The van der Waals surface area contributed by atoms with Crippen molar-refractivity contribution in [2.45, 2.75) is 27.3 Å². The minimum atomic E-state index is 0.787. The molecular formula is C17H19Cl2N. The first-order valence-corrected chi connectivity index (χ1v) is 7.54. The van der Waals surface area contributed by atoms with Crippen LogP contribution < -0.4 is 5.32 Å². The van der Waals surface area contributed by atoms with Crippen molar-refractivity contribution in [3.8, 4) is 11.1 Å².